The van der Waals surface area contributed by atoms with Gasteiger partial charge in [0.05, 0.1) is 7.11 Å². The lowest BCUT2D eigenvalue weighted by molar-refractivity contribution is 0.185. The molecule has 0 aliphatic carbocycles. The number of nitrogens with zero attached hydrogens (tertiary/aromatic N) is 2. The van der Waals surface area contributed by atoms with Crippen molar-refractivity contribution in [2.24, 2.45) is 5.92 Å². The summed E-state index contributed by atoms with van der Waals surface area (Å²) in [4.78, 5) is 7.99. The van der Waals surface area contributed by atoms with Crippen molar-refractivity contribution in [1.29, 1.82) is 0 Å². The van der Waals surface area contributed by atoms with Crippen LogP contribution in [-0.2, 0) is 4.74 Å². The molecule has 94 valence electrons. The van der Waals surface area contributed by atoms with Crippen molar-refractivity contribution < 1.29 is 9.47 Å². The zero-order valence-electron chi connectivity index (χ0n) is 9.98. The zero-order valence-corrected chi connectivity index (χ0v) is 9.98. The van der Waals surface area contributed by atoms with Crippen LogP contribution >= 0.6 is 0 Å². The second-order valence-corrected chi connectivity index (χ2v) is 4.09. The summed E-state index contributed by atoms with van der Waals surface area (Å²) in [5.41, 5.74) is 5.69. The van der Waals surface area contributed by atoms with Crippen LogP contribution in [0.5, 0.6) is 5.75 Å². The number of nitrogens with two attached hydrogens (primary N) is 1. The maximum Gasteiger partial charge on any atom is 0.203 e. The number of nitrogens with one attached hydrogen (secondary N) is 1. The highest BCUT2D eigenvalue weighted by atomic mass is 16.5. The molecule has 1 aromatic heterocycles. The van der Waals surface area contributed by atoms with Gasteiger partial charge in [-0.25, -0.2) is 9.97 Å². The lowest BCUT2D eigenvalue weighted by Gasteiger charge is -2.12. The molecular weight excluding hydrogens is 220 g/mol. The second-order valence-electron chi connectivity index (χ2n) is 4.09. The Balaban J connectivity index is 1.87. The van der Waals surface area contributed by atoms with Crippen molar-refractivity contribution in [2.45, 2.75) is 12.8 Å². The Bertz CT molecular complexity index is 366. The number of hydrogen-bond acceptors (Lipinski definition) is 6. The van der Waals surface area contributed by atoms with E-state index in [2.05, 4.69) is 15.3 Å². The van der Waals surface area contributed by atoms with Gasteiger partial charge in [0.15, 0.2) is 11.6 Å². The minimum Gasteiger partial charge on any atom is -0.490 e. The van der Waals surface area contributed by atoms with E-state index in [1.165, 1.54) is 6.33 Å². The molecule has 0 spiro atoms. The summed E-state index contributed by atoms with van der Waals surface area (Å²) in [6.45, 7) is 2.58. The van der Waals surface area contributed by atoms with Gasteiger partial charge in [0, 0.05) is 19.8 Å². The molecule has 1 aliphatic heterocycles. The van der Waals surface area contributed by atoms with Crippen molar-refractivity contribution in [3.8, 4) is 5.75 Å². The summed E-state index contributed by atoms with van der Waals surface area (Å²) in [6.07, 6.45) is 3.64. The van der Waals surface area contributed by atoms with Gasteiger partial charge in [-0.1, -0.05) is 0 Å². The highest BCUT2D eigenvalue weighted by molar-refractivity contribution is 5.61. The molecule has 0 bridgehead atoms. The topological polar surface area (TPSA) is 82.3 Å². The van der Waals surface area contributed by atoms with Crippen molar-refractivity contribution in [2.75, 3.05) is 37.9 Å². The van der Waals surface area contributed by atoms with Crippen LogP contribution < -0.4 is 15.8 Å². The molecule has 6 nitrogen and oxygen atoms in total. The van der Waals surface area contributed by atoms with Gasteiger partial charge in [-0.3, -0.25) is 0 Å². The fraction of sp³-hybridized carbons (Fsp3) is 0.636. The smallest absolute Gasteiger partial charge is 0.203 e. The molecule has 0 saturated carbocycles. The Hall–Kier alpha value is -1.56. The number of methoxy groups -OCH3 is 1. The van der Waals surface area contributed by atoms with E-state index in [1.807, 2.05) is 0 Å². The first-order chi connectivity index (χ1) is 8.31. The van der Waals surface area contributed by atoms with Crippen LogP contribution in [0.25, 0.3) is 0 Å². The van der Waals surface area contributed by atoms with Crippen LogP contribution in [0, 0.1) is 5.92 Å². The molecule has 17 heavy (non-hydrogen) atoms. The maximum absolute atomic E-state index is 5.69. The van der Waals surface area contributed by atoms with Crippen molar-refractivity contribution >= 4 is 11.6 Å². The van der Waals surface area contributed by atoms with Gasteiger partial charge < -0.3 is 20.5 Å². The van der Waals surface area contributed by atoms with E-state index >= 15 is 0 Å². The summed E-state index contributed by atoms with van der Waals surface area (Å²) in [7, 11) is 1.56. The molecule has 1 unspecified atom stereocenters. The second kappa shape index (κ2) is 5.67. The number of anilines is 2. The molecule has 2 rings (SSSR count). The molecule has 0 amide bonds. The third-order valence-electron chi connectivity index (χ3n) is 2.90. The molecule has 6 heteroatoms. The Morgan fingerprint density at radius 2 is 2.47 bits per heavy atom. The quantitative estimate of drug-likeness (QED) is 0.793. The van der Waals surface area contributed by atoms with Crippen LogP contribution in [0.15, 0.2) is 6.33 Å². The van der Waals surface area contributed by atoms with Gasteiger partial charge >= 0.3 is 0 Å². The normalized spacial score (nSPS) is 19.2. The SMILES string of the molecule is COc1c(N)ncnc1NCCC1CCOC1. The number of rotatable bonds is 5. The average Bonchev–Trinajstić information content (AvgIpc) is 2.82. The van der Waals surface area contributed by atoms with Crippen LogP contribution in [0.2, 0.25) is 0 Å². The molecular formula is C11H18N4O2. The maximum atomic E-state index is 5.69. The molecule has 1 fully saturated rings. The lowest BCUT2D eigenvalue weighted by Crippen LogP contribution is -2.11. The minimum atomic E-state index is 0.356. The third-order valence-corrected chi connectivity index (χ3v) is 2.90. The van der Waals surface area contributed by atoms with Crippen LogP contribution in [0.3, 0.4) is 0 Å². The van der Waals surface area contributed by atoms with Gasteiger partial charge in [0.1, 0.15) is 6.33 Å². The molecule has 1 aromatic rings. The van der Waals surface area contributed by atoms with Gasteiger partial charge in [-0.15, -0.1) is 0 Å². The summed E-state index contributed by atoms with van der Waals surface area (Å²) < 4.78 is 10.5. The highest BCUT2D eigenvalue weighted by Crippen LogP contribution is 2.26. The zero-order chi connectivity index (χ0) is 12.1. The van der Waals surface area contributed by atoms with Crippen LogP contribution in [0.1, 0.15) is 12.8 Å². The first-order valence-corrected chi connectivity index (χ1v) is 5.77. The van der Waals surface area contributed by atoms with Crippen LogP contribution in [-0.4, -0.2) is 36.8 Å². The fourth-order valence-corrected chi connectivity index (χ4v) is 1.92. The van der Waals surface area contributed by atoms with Crippen molar-refractivity contribution in [3.63, 3.8) is 0 Å². The first-order valence-electron chi connectivity index (χ1n) is 5.77. The number of hydrogen-bond donors (Lipinski definition) is 2. The minimum absolute atomic E-state index is 0.356. The van der Waals surface area contributed by atoms with Crippen molar-refractivity contribution in [1.82, 2.24) is 9.97 Å². The molecule has 2 heterocycles. The molecule has 1 aliphatic rings. The molecule has 1 saturated heterocycles. The Morgan fingerprint density at radius 1 is 1.59 bits per heavy atom. The van der Waals surface area contributed by atoms with Gasteiger partial charge in [-0.05, 0) is 18.8 Å². The largest absolute Gasteiger partial charge is 0.490 e. The summed E-state index contributed by atoms with van der Waals surface area (Å²) in [5.74, 6) is 2.16. The molecule has 3 N–H and O–H groups in total. The van der Waals surface area contributed by atoms with Gasteiger partial charge in [-0.2, -0.15) is 0 Å². The Morgan fingerprint density at radius 3 is 3.18 bits per heavy atom. The highest BCUT2D eigenvalue weighted by Gasteiger charge is 2.15. The number of ether oxygens (including phenoxy) is 2. The predicted octanol–water partition coefficient (Wildman–Crippen LogP) is 0.906. The number of aromatic nitrogens is 2. The summed E-state index contributed by atoms with van der Waals surface area (Å²) in [6, 6.07) is 0. The summed E-state index contributed by atoms with van der Waals surface area (Å²) >= 11 is 0. The van der Waals surface area contributed by atoms with Crippen LogP contribution in [0.4, 0.5) is 11.6 Å². The number of nitrogen functional groups attached to an aromatic ring is 1. The fourth-order valence-electron chi connectivity index (χ4n) is 1.92. The van der Waals surface area contributed by atoms with Gasteiger partial charge in [0.25, 0.3) is 0 Å². The van der Waals surface area contributed by atoms with E-state index in [-0.39, 0.29) is 0 Å². The van der Waals surface area contributed by atoms with Crippen molar-refractivity contribution in [3.05, 3.63) is 6.33 Å². The lowest BCUT2D eigenvalue weighted by atomic mass is 10.1. The molecule has 0 radical (unpaired) electrons. The summed E-state index contributed by atoms with van der Waals surface area (Å²) in [5, 5.41) is 3.22. The van der Waals surface area contributed by atoms with Gasteiger partial charge in [0.2, 0.25) is 5.75 Å². The molecule has 0 aromatic carbocycles. The predicted molar refractivity (Wildman–Crippen MR) is 65.0 cm³/mol. The van der Waals surface area contributed by atoms with E-state index in [0.29, 0.717) is 23.3 Å². The third kappa shape index (κ3) is 2.97. The van der Waals surface area contributed by atoms with E-state index in [4.69, 9.17) is 15.2 Å². The average molecular weight is 238 g/mol. The van der Waals surface area contributed by atoms with E-state index < -0.39 is 0 Å². The van der Waals surface area contributed by atoms with E-state index in [0.717, 1.165) is 32.6 Å². The first kappa shape index (κ1) is 11.9. The monoisotopic (exact) mass is 238 g/mol. The van der Waals surface area contributed by atoms with E-state index in [9.17, 15) is 0 Å². The van der Waals surface area contributed by atoms with E-state index in [1.54, 1.807) is 7.11 Å². The Labute approximate surface area is 101 Å². The Kier molecular flexibility index (Phi) is 3.98. The standard InChI is InChI=1S/C11H18N4O2/c1-16-9-10(12)14-7-15-11(9)13-4-2-8-3-5-17-6-8/h7-8H,2-6H2,1H3,(H3,12,13,14,15). The molecule has 1 atom stereocenters.